The van der Waals surface area contributed by atoms with E-state index in [9.17, 15) is 28.8 Å². The van der Waals surface area contributed by atoms with E-state index < -0.39 is 36.3 Å². The summed E-state index contributed by atoms with van der Waals surface area (Å²) >= 11 is 0. The average molecular weight is 1190 g/mol. The minimum atomic E-state index is -1.06. The van der Waals surface area contributed by atoms with E-state index in [4.69, 9.17) is 33.2 Å². The monoisotopic (exact) mass is 1190 g/mol. The third-order valence-corrected chi connectivity index (χ3v) is 15.1. The Morgan fingerprint density at radius 2 is 0.976 bits per heavy atom. The summed E-state index contributed by atoms with van der Waals surface area (Å²) in [6.07, 6.45) is 35.9. The lowest BCUT2D eigenvalue weighted by Crippen LogP contribution is -2.52. The predicted octanol–water partition coefficient (Wildman–Crippen LogP) is 12.2. The maximum atomic E-state index is 13.7. The largest absolute Gasteiger partial charge is 0.466 e. The van der Waals surface area contributed by atoms with Gasteiger partial charge in [0.1, 0.15) is 31.9 Å². The minimum absolute atomic E-state index is 0.0304. The molecule has 3 amide bonds. The number of methoxy groups -OCH3 is 2. The average Bonchev–Trinajstić information content (AvgIpc) is 3.65. The molecular formula is C67H120N4O13. The second-order valence-corrected chi connectivity index (χ2v) is 22.7. The van der Waals surface area contributed by atoms with Crippen LogP contribution in [-0.4, -0.2) is 164 Å². The second-order valence-electron chi connectivity index (χ2n) is 22.7. The molecule has 1 unspecified atom stereocenters. The first-order valence-electron chi connectivity index (χ1n) is 33.3. The number of ether oxygens (including phenoxy) is 7. The Morgan fingerprint density at radius 1 is 0.476 bits per heavy atom. The summed E-state index contributed by atoms with van der Waals surface area (Å²) < 4.78 is 38.3. The topological polar surface area (TPSA) is 198 Å². The van der Waals surface area contributed by atoms with E-state index in [1.54, 1.807) is 7.11 Å². The van der Waals surface area contributed by atoms with Crippen molar-refractivity contribution in [1.29, 1.82) is 0 Å². The molecule has 1 rings (SSSR count). The van der Waals surface area contributed by atoms with Crippen molar-refractivity contribution < 1.29 is 61.9 Å². The van der Waals surface area contributed by atoms with Gasteiger partial charge in [0, 0.05) is 46.6 Å². The van der Waals surface area contributed by atoms with E-state index in [0.717, 1.165) is 109 Å². The van der Waals surface area contributed by atoms with Crippen LogP contribution in [0.2, 0.25) is 0 Å². The fourth-order valence-electron chi connectivity index (χ4n) is 9.93. The van der Waals surface area contributed by atoms with Gasteiger partial charge in [-0.15, -0.1) is 0 Å². The van der Waals surface area contributed by atoms with Gasteiger partial charge in [0.25, 0.3) is 0 Å². The van der Waals surface area contributed by atoms with Gasteiger partial charge in [-0.05, 0) is 76.4 Å². The number of amides is 3. The molecule has 0 spiro atoms. The van der Waals surface area contributed by atoms with Crippen LogP contribution in [0.3, 0.4) is 0 Å². The number of hydrogen-bond acceptors (Lipinski definition) is 14. The van der Waals surface area contributed by atoms with Crippen LogP contribution in [0.15, 0.2) is 30.3 Å². The molecule has 17 heteroatoms. The van der Waals surface area contributed by atoms with Gasteiger partial charge in [0.15, 0.2) is 0 Å². The summed E-state index contributed by atoms with van der Waals surface area (Å²) in [6.45, 7) is 9.87. The SMILES string of the molecule is CCCCCCCCCCCOC(=O)CCCCCN(CCCCCCCC(=O)OC(CCCCCCCC)CCCCCCCC)CCOC(=O)CNC(=O)C(Cc1ccccc1)NC(=O)CN(CCOCCOC)C(=O)COCCOC. The van der Waals surface area contributed by atoms with Crippen LogP contribution in [0.1, 0.15) is 238 Å². The van der Waals surface area contributed by atoms with Crippen molar-refractivity contribution in [2.75, 3.05) is 106 Å². The first kappa shape index (κ1) is 77.9. The van der Waals surface area contributed by atoms with Gasteiger partial charge >= 0.3 is 17.9 Å². The lowest BCUT2D eigenvalue weighted by Gasteiger charge is -2.24. The van der Waals surface area contributed by atoms with Crippen molar-refractivity contribution >= 4 is 35.6 Å². The molecule has 0 fully saturated rings. The highest BCUT2D eigenvalue weighted by Gasteiger charge is 2.25. The van der Waals surface area contributed by atoms with Crippen molar-refractivity contribution in [3.63, 3.8) is 0 Å². The molecule has 0 bridgehead atoms. The van der Waals surface area contributed by atoms with Gasteiger partial charge in [-0.1, -0.05) is 192 Å². The van der Waals surface area contributed by atoms with Crippen molar-refractivity contribution in [2.45, 2.75) is 251 Å². The van der Waals surface area contributed by atoms with E-state index in [1.165, 1.54) is 121 Å². The highest BCUT2D eigenvalue weighted by molar-refractivity contribution is 5.91. The van der Waals surface area contributed by atoms with Crippen molar-refractivity contribution in [3.8, 4) is 0 Å². The second kappa shape index (κ2) is 57.9. The van der Waals surface area contributed by atoms with Gasteiger partial charge in [0.2, 0.25) is 17.7 Å². The first-order valence-corrected chi connectivity index (χ1v) is 33.3. The molecule has 1 atom stereocenters. The van der Waals surface area contributed by atoms with Crippen molar-refractivity contribution in [3.05, 3.63) is 35.9 Å². The van der Waals surface area contributed by atoms with Crippen molar-refractivity contribution in [1.82, 2.24) is 20.4 Å². The smallest absolute Gasteiger partial charge is 0.325 e. The van der Waals surface area contributed by atoms with Gasteiger partial charge in [-0.25, -0.2) is 0 Å². The third kappa shape index (κ3) is 48.0. The number of rotatable bonds is 61. The molecule has 0 aromatic heterocycles. The fourth-order valence-corrected chi connectivity index (χ4v) is 9.93. The van der Waals surface area contributed by atoms with Crippen LogP contribution < -0.4 is 10.6 Å². The zero-order valence-electron chi connectivity index (χ0n) is 53.7. The van der Waals surface area contributed by atoms with Gasteiger partial charge in [0.05, 0.1) is 46.2 Å². The Kier molecular flexibility index (Phi) is 53.7. The molecule has 0 radical (unpaired) electrons. The zero-order chi connectivity index (χ0) is 61.2. The highest BCUT2D eigenvalue weighted by atomic mass is 16.5. The Balaban J connectivity index is 2.81. The number of carbonyl (C=O) groups excluding carboxylic acids is 6. The molecule has 0 aliphatic carbocycles. The Hall–Kier alpha value is -4.16. The van der Waals surface area contributed by atoms with Crippen LogP contribution >= 0.6 is 0 Å². The van der Waals surface area contributed by atoms with E-state index in [0.29, 0.717) is 45.8 Å². The number of benzene rings is 1. The van der Waals surface area contributed by atoms with Crippen LogP contribution in [-0.2, 0) is 68.3 Å². The van der Waals surface area contributed by atoms with E-state index in [1.807, 2.05) is 30.3 Å². The molecule has 486 valence electrons. The number of nitrogens with one attached hydrogen (secondary N) is 2. The molecule has 0 heterocycles. The normalized spacial score (nSPS) is 11.7. The van der Waals surface area contributed by atoms with Gasteiger partial charge in [-0.3, -0.25) is 33.7 Å². The summed E-state index contributed by atoms with van der Waals surface area (Å²) in [6, 6.07) is 8.15. The number of nitrogens with zero attached hydrogens (tertiary/aromatic N) is 2. The van der Waals surface area contributed by atoms with Crippen LogP contribution in [0, 0.1) is 0 Å². The Morgan fingerprint density at radius 3 is 1.56 bits per heavy atom. The lowest BCUT2D eigenvalue weighted by molar-refractivity contribution is -0.150. The number of hydrogen-bond donors (Lipinski definition) is 2. The molecule has 0 aliphatic heterocycles. The summed E-state index contributed by atoms with van der Waals surface area (Å²) in [5.74, 6) is -2.38. The summed E-state index contributed by atoms with van der Waals surface area (Å²) in [7, 11) is 3.09. The molecule has 17 nitrogen and oxygen atoms in total. The molecule has 0 aliphatic rings. The van der Waals surface area contributed by atoms with Crippen LogP contribution in [0.25, 0.3) is 0 Å². The van der Waals surface area contributed by atoms with E-state index in [-0.39, 0.29) is 64.0 Å². The molecule has 84 heavy (non-hydrogen) atoms. The highest BCUT2D eigenvalue weighted by Crippen LogP contribution is 2.19. The zero-order valence-corrected chi connectivity index (χ0v) is 53.7. The molecule has 1 aromatic rings. The summed E-state index contributed by atoms with van der Waals surface area (Å²) in [5.41, 5.74) is 0.789. The Labute approximate surface area is 509 Å². The van der Waals surface area contributed by atoms with E-state index in [2.05, 4.69) is 36.3 Å². The molecule has 2 N–H and O–H groups in total. The molecule has 1 aromatic carbocycles. The quantitative estimate of drug-likeness (QED) is 0.0355. The number of esters is 3. The van der Waals surface area contributed by atoms with Crippen LogP contribution in [0.5, 0.6) is 0 Å². The molecule has 0 saturated carbocycles. The minimum Gasteiger partial charge on any atom is -0.466 e. The first-order chi connectivity index (χ1) is 41.1. The Bertz CT molecular complexity index is 1730. The lowest BCUT2D eigenvalue weighted by atomic mass is 10.0. The van der Waals surface area contributed by atoms with Gasteiger partial charge in [-0.2, -0.15) is 0 Å². The predicted molar refractivity (Wildman–Crippen MR) is 335 cm³/mol. The molecular weight excluding hydrogens is 1070 g/mol. The number of carbonyl (C=O) groups is 6. The molecule has 0 saturated heterocycles. The maximum absolute atomic E-state index is 13.7. The summed E-state index contributed by atoms with van der Waals surface area (Å²) in [5, 5.41) is 5.43. The van der Waals surface area contributed by atoms with Gasteiger partial charge < -0.3 is 48.7 Å². The maximum Gasteiger partial charge on any atom is 0.325 e. The standard InChI is InChI=1S/C67H120N4O13/c1-6-9-12-15-18-19-20-26-37-48-82-64(74)42-34-28-36-45-70(44-35-25-21-24-33-43-65(75)84-60(40-31-22-16-13-10-7-2)41-32-23-17-14-11-8-3)46-50-83-66(76)56-68-67(77)61(55-59-38-29-27-30-39-59)69-62(72)57-71(47-49-80-53-51-78-4)63(73)58-81-54-52-79-5/h27,29-30,38-39,60-61H,6-26,28,31-37,40-58H2,1-5H3,(H,68,77)(H,69,72). The van der Waals surface area contributed by atoms with E-state index >= 15 is 0 Å². The third-order valence-electron chi connectivity index (χ3n) is 15.1. The number of unbranched alkanes of at least 4 members (excludes halogenated alkanes) is 24. The van der Waals surface area contributed by atoms with Crippen LogP contribution in [0.4, 0.5) is 0 Å². The summed E-state index contributed by atoms with van der Waals surface area (Å²) in [4.78, 5) is 82.6. The van der Waals surface area contributed by atoms with Crippen molar-refractivity contribution in [2.24, 2.45) is 0 Å². The fraction of sp³-hybridized carbons (Fsp3) is 0.821.